The van der Waals surface area contributed by atoms with Crippen LogP contribution in [0.1, 0.15) is 26.7 Å². The lowest BCUT2D eigenvalue weighted by atomic mass is 10.3. The molecule has 8 heteroatoms. The van der Waals surface area contributed by atoms with E-state index >= 15 is 0 Å². The first-order valence-corrected chi connectivity index (χ1v) is 7.15. The van der Waals surface area contributed by atoms with Crippen LogP contribution in [0.25, 0.3) is 0 Å². The van der Waals surface area contributed by atoms with Gasteiger partial charge in [-0.1, -0.05) is 19.9 Å². The summed E-state index contributed by atoms with van der Waals surface area (Å²) < 4.78 is 35.7. The molecular formula is C11H23NO6S. The van der Waals surface area contributed by atoms with Crippen LogP contribution in [0.15, 0.2) is 12.7 Å². The molecule has 1 atom stereocenters. The van der Waals surface area contributed by atoms with E-state index in [1.54, 1.807) is 0 Å². The van der Waals surface area contributed by atoms with Gasteiger partial charge in [-0.05, 0) is 27.4 Å². The third-order valence-corrected chi connectivity index (χ3v) is 2.33. The SMILES string of the molecule is C=CC(=O)OC(CCC)N(C)C.CCOS(=O)(=O)O. The monoisotopic (exact) mass is 297 g/mol. The van der Waals surface area contributed by atoms with Gasteiger partial charge in [0.05, 0.1) is 6.61 Å². The minimum Gasteiger partial charge on any atom is -0.443 e. The molecule has 0 aromatic heterocycles. The maximum Gasteiger partial charge on any atom is 0.397 e. The molecule has 0 saturated heterocycles. The molecular weight excluding hydrogens is 274 g/mol. The maximum atomic E-state index is 10.8. The van der Waals surface area contributed by atoms with Crippen molar-refractivity contribution in [2.24, 2.45) is 0 Å². The van der Waals surface area contributed by atoms with Gasteiger partial charge in [-0.15, -0.1) is 0 Å². The predicted octanol–water partition coefficient (Wildman–Crippen LogP) is 1.23. The normalized spacial score (nSPS) is 12.3. The third-order valence-electron chi connectivity index (χ3n) is 1.80. The molecule has 0 aromatic rings. The number of ether oxygens (including phenoxy) is 1. The van der Waals surface area contributed by atoms with Gasteiger partial charge >= 0.3 is 16.4 Å². The van der Waals surface area contributed by atoms with Crippen LogP contribution in [0, 0.1) is 0 Å². The Labute approximate surface area is 115 Å². The summed E-state index contributed by atoms with van der Waals surface area (Å²) in [6, 6.07) is 0. The molecule has 0 rings (SSSR count). The molecule has 0 fully saturated rings. The highest BCUT2D eigenvalue weighted by molar-refractivity contribution is 7.80. The van der Waals surface area contributed by atoms with Gasteiger partial charge in [-0.3, -0.25) is 9.45 Å². The van der Waals surface area contributed by atoms with Crippen molar-refractivity contribution in [1.29, 1.82) is 0 Å². The summed E-state index contributed by atoms with van der Waals surface area (Å²) in [4.78, 5) is 12.7. The van der Waals surface area contributed by atoms with Gasteiger partial charge in [0, 0.05) is 6.08 Å². The second kappa shape index (κ2) is 10.9. The molecule has 7 nitrogen and oxygen atoms in total. The molecule has 19 heavy (non-hydrogen) atoms. The summed E-state index contributed by atoms with van der Waals surface area (Å²) in [5, 5.41) is 0. The van der Waals surface area contributed by atoms with E-state index in [0.717, 1.165) is 12.8 Å². The van der Waals surface area contributed by atoms with E-state index in [1.807, 2.05) is 19.0 Å². The Bertz CT molecular complexity index is 352. The zero-order valence-electron chi connectivity index (χ0n) is 11.8. The Kier molecular flexibility index (Phi) is 11.7. The Hall–Kier alpha value is -0.960. The summed E-state index contributed by atoms with van der Waals surface area (Å²) in [6.07, 6.45) is 2.91. The van der Waals surface area contributed by atoms with Crippen molar-refractivity contribution in [1.82, 2.24) is 4.90 Å². The molecule has 1 N–H and O–H groups in total. The van der Waals surface area contributed by atoms with Gasteiger partial charge < -0.3 is 4.74 Å². The lowest BCUT2D eigenvalue weighted by Crippen LogP contribution is -2.32. The number of nitrogens with zero attached hydrogens (tertiary/aromatic N) is 1. The molecule has 0 bridgehead atoms. The summed E-state index contributed by atoms with van der Waals surface area (Å²) in [5.41, 5.74) is 0. The fourth-order valence-corrected chi connectivity index (χ4v) is 1.30. The molecule has 0 aliphatic rings. The van der Waals surface area contributed by atoms with Crippen LogP contribution in [0.4, 0.5) is 0 Å². The van der Waals surface area contributed by atoms with Crippen LogP contribution in [0.5, 0.6) is 0 Å². The number of hydrogen-bond acceptors (Lipinski definition) is 6. The highest BCUT2D eigenvalue weighted by Crippen LogP contribution is 2.04. The largest absolute Gasteiger partial charge is 0.443 e. The molecule has 114 valence electrons. The summed E-state index contributed by atoms with van der Waals surface area (Å²) >= 11 is 0. The smallest absolute Gasteiger partial charge is 0.397 e. The molecule has 0 heterocycles. The van der Waals surface area contributed by atoms with Crippen molar-refractivity contribution in [3.8, 4) is 0 Å². The minimum atomic E-state index is -4.17. The van der Waals surface area contributed by atoms with E-state index in [-0.39, 0.29) is 18.8 Å². The van der Waals surface area contributed by atoms with Crippen molar-refractivity contribution in [2.75, 3.05) is 20.7 Å². The van der Waals surface area contributed by atoms with Crippen LogP contribution in [0.3, 0.4) is 0 Å². The topological polar surface area (TPSA) is 93.1 Å². The maximum absolute atomic E-state index is 10.8. The minimum absolute atomic E-state index is 0.0289. The van der Waals surface area contributed by atoms with Crippen LogP contribution in [-0.4, -0.2) is 50.8 Å². The Morgan fingerprint density at radius 3 is 2.16 bits per heavy atom. The highest BCUT2D eigenvalue weighted by atomic mass is 32.3. The van der Waals surface area contributed by atoms with Crippen LogP contribution in [-0.2, 0) is 24.1 Å². The number of carbonyl (C=O) groups is 1. The van der Waals surface area contributed by atoms with Crippen molar-refractivity contribution >= 4 is 16.4 Å². The zero-order chi connectivity index (χ0) is 15.5. The molecule has 0 radical (unpaired) electrons. The van der Waals surface area contributed by atoms with Crippen LogP contribution >= 0.6 is 0 Å². The predicted molar refractivity (Wildman–Crippen MR) is 71.8 cm³/mol. The second-order valence-corrected chi connectivity index (χ2v) is 4.77. The Morgan fingerprint density at radius 1 is 1.42 bits per heavy atom. The van der Waals surface area contributed by atoms with Gasteiger partial charge in [0.1, 0.15) is 0 Å². The molecule has 1 unspecified atom stereocenters. The number of esters is 1. The van der Waals surface area contributed by atoms with Gasteiger partial charge in [-0.25, -0.2) is 8.98 Å². The van der Waals surface area contributed by atoms with Gasteiger partial charge in [-0.2, -0.15) is 8.42 Å². The van der Waals surface area contributed by atoms with E-state index in [1.165, 1.54) is 13.0 Å². The fraction of sp³-hybridized carbons (Fsp3) is 0.727. The molecule has 0 saturated carbocycles. The summed E-state index contributed by atoms with van der Waals surface area (Å²) in [5.74, 6) is -0.359. The van der Waals surface area contributed by atoms with Crippen molar-refractivity contribution in [3.05, 3.63) is 12.7 Å². The van der Waals surface area contributed by atoms with Crippen molar-refractivity contribution in [2.45, 2.75) is 32.9 Å². The first kappa shape index (κ1) is 20.4. The van der Waals surface area contributed by atoms with Crippen LogP contribution in [0.2, 0.25) is 0 Å². The summed E-state index contributed by atoms with van der Waals surface area (Å²) in [7, 11) is -0.403. The molecule has 0 amide bonds. The van der Waals surface area contributed by atoms with E-state index in [0.29, 0.717) is 0 Å². The molecule has 0 spiro atoms. The lowest BCUT2D eigenvalue weighted by molar-refractivity contribution is -0.151. The standard InChI is InChI=1S/C9H17NO2.C2H6O4S/c1-5-7-8(10(3)4)12-9(11)6-2;1-2-6-7(3,4)5/h6,8H,2,5,7H2,1,3-4H3;2H2,1H3,(H,3,4,5). The van der Waals surface area contributed by atoms with Gasteiger partial charge in [0.2, 0.25) is 0 Å². The lowest BCUT2D eigenvalue weighted by Gasteiger charge is -2.22. The average Bonchev–Trinajstić information content (AvgIpc) is 2.27. The van der Waals surface area contributed by atoms with E-state index in [9.17, 15) is 13.2 Å². The Balaban J connectivity index is 0. The first-order chi connectivity index (χ1) is 8.67. The third kappa shape index (κ3) is 15.0. The van der Waals surface area contributed by atoms with Crippen LogP contribution < -0.4 is 0 Å². The van der Waals surface area contributed by atoms with Gasteiger partial charge in [0.25, 0.3) is 0 Å². The van der Waals surface area contributed by atoms with E-state index in [2.05, 4.69) is 17.7 Å². The molecule has 0 aliphatic heterocycles. The van der Waals surface area contributed by atoms with E-state index < -0.39 is 10.4 Å². The van der Waals surface area contributed by atoms with Crippen molar-refractivity contribution in [3.63, 3.8) is 0 Å². The van der Waals surface area contributed by atoms with Crippen molar-refractivity contribution < 1.29 is 26.7 Å². The highest BCUT2D eigenvalue weighted by Gasteiger charge is 2.12. The summed E-state index contributed by atoms with van der Waals surface area (Å²) in [6.45, 7) is 6.83. The quantitative estimate of drug-likeness (QED) is 0.327. The first-order valence-electron chi connectivity index (χ1n) is 5.79. The van der Waals surface area contributed by atoms with Gasteiger partial charge in [0.15, 0.2) is 6.23 Å². The van der Waals surface area contributed by atoms with E-state index in [4.69, 9.17) is 9.29 Å². The number of hydrogen-bond donors (Lipinski definition) is 1. The second-order valence-electron chi connectivity index (χ2n) is 3.68. The number of carbonyl (C=O) groups excluding carboxylic acids is 1. The molecule has 0 aromatic carbocycles. The zero-order valence-corrected chi connectivity index (χ0v) is 12.6. The number of rotatable bonds is 7. The fourth-order valence-electron chi connectivity index (χ4n) is 1.00. The molecule has 0 aliphatic carbocycles. The Morgan fingerprint density at radius 2 is 1.95 bits per heavy atom. The average molecular weight is 297 g/mol.